The van der Waals surface area contributed by atoms with Crippen molar-refractivity contribution in [1.82, 2.24) is 0 Å². The molecule has 0 N–H and O–H groups in total. The first-order valence-corrected chi connectivity index (χ1v) is 28.7. The van der Waals surface area contributed by atoms with Crippen LogP contribution in [0.3, 0.4) is 0 Å². The molecule has 2 atom stereocenters. The van der Waals surface area contributed by atoms with Gasteiger partial charge in [-0.25, -0.2) is 0 Å². The summed E-state index contributed by atoms with van der Waals surface area (Å²) < 4.78 is 1.49. The Bertz CT molecular complexity index is 1200. The van der Waals surface area contributed by atoms with E-state index < -0.39 is 28.6 Å². The molecular weight excluding hydrogens is 643 g/mol. The van der Waals surface area contributed by atoms with Gasteiger partial charge in [0.1, 0.15) is 0 Å². The van der Waals surface area contributed by atoms with Crippen molar-refractivity contribution < 1.29 is 43.4 Å². The van der Waals surface area contributed by atoms with Gasteiger partial charge in [0, 0.05) is 0 Å². The Hall–Kier alpha value is -0.0740. The summed E-state index contributed by atoms with van der Waals surface area (Å²) in [6, 6.07) is 10.3. The third-order valence-corrected chi connectivity index (χ3v) is 39.7. The number of benzene rings is 2. The minimum atomic E-state index is -1.97. The van der Waals surface area contributed by atoms with Gasteiger partial charge in [0.25, 0.3) is 0 Å². The van der Waals surface area contributed by atoms with Crippen molar-refractivity contribution in [3.05, 3.63) is 79.9 Å². The van der Waals surface area contributed by atoms with E-state index >= 15 is 0 Å². The van der Waals surface area contributed by atoms with Gasteiger partial charge in [0.15, 0.2) is 0 Å². The van der Waals surface area contributed by atoms with Gasteiger partial charge in [-0.15, -0.1) is 0 Å². The standard InChI is InChI=1S/2C16H21.C2H6Ge.2ClH.Zr/c2*1-10(2)13-8-14-6-12(5)7-16(14)15(9-13)11(3)4;1-3-2;;;/h2*6-11H,1-5H3;1-2H3;2*1H;/q;;;;;+2/p-2. The first-order valence-electron chi connectivity index (χ1n) is 14.2. The first kappa shape index (κ1) is 34.1. The van der Waals surface area contributed by atoms with Gasteiger partial charge in [-0.2, -0.15) is 0 Å². The predicted molar refractivity (Wildman–Crippen MR) is 160 cm³/mol. The molecule has 4 heteroatoms. The van der Waals surface area contributed by atoms with E-state index in [1.165, 1.54) is 0 Å². The van der Waals surface area contributed by atoms with E-state index in [4.69, 9.17) is 0 Å². The summed E-state index contributed by atoms with van der Waals surface area (Å²) in [5.41, 5.74) is 16.2. The molecule has 0 saturated heterocycles. The molecule has 0 saturated carbocycles. The molecule has 38 heavy (non-hydrogen) atoms. The zero-order chi connectivity index (χ0) is 26.6. The fraction of sp³-hybridized carbons (Fsp3) is 0.529. The van der Waals surface area contributed by atoms with E-state index in [9.17, 15) is 0 Å². The summed E-state index contributed by atoms with van der Waals surface area (Å²) >= 11 is -1.97. The molecule has 0 nitrogen and oxygen atoms in total. The van der Waals surface area contributed by atoms with Crippen molar-refractivity contribution in [1.29, 1.82) is 0 Å². The first-order chi connectivity index (χ1) is 16.8. The third kappa shape index (κ3) is 6.22. The number of allylic oxidation sites excluding steroid dienone is 2. The maximum Gasteiger partial charge on any atom is -1.00 e. The molecule has 2 aliphatic rings. The summed E-state index contributed by atoms with van der Waals surface area (Å²) in [6.45, 7) is 24.0. The van der Waals surface area contributed by atoms with E-state index in [2.05, 4.69) is 117 Å². The van der Waals surface area contributed by atoms with Crippen LogP contribution in [0.25, 0.3) is 12.2 Å². The van der Waals surface area contributed by atoms with Crippen LogP contribution in [0.2, 0.25) is 11.5 Å². The molecule has 206 valence electrons. The second kappa shape index (κ2) is 13.3. The molecular formula is C34H48Cl2GeZr. The van der Waals surface area contributed by atoms with Gasteiger partial charge in [-0.05, 0) is 0 Å². The van der Waals surface area contributed by atoms with Crippen LogP contribution in [0.4, 0.5) is 0 Å². The van der Waals surface area contributed by atoms with E-state index in [0.717, 1.165) is 7.25 Å². The van der Waals surface area contributed by atoms with Gasteiger partial charge in [0.05, 0.1) is 0 Å². The Labute approximate surface area is 255 Å². The second-order valence-electron chi connectivity index (χ2n) is 12.9. The van der Waals surface area contributed by atoms with Crippen molar-refractivity contribution in [3.8, 4) is 0 Å². The van der Waals surface area contributed by atoms with Crippen LogP contribution in [-0.2, 0) is 18.6 Å². The van der Waals surface area contributed by atoms with Crippen molar-refractivity contribution in [2.45, 2.75) is 112 Å². The minimum absolute atomic E-state index is 0. The van der Waals surface area contributed by atoms with Crippen LogP contribution in [0.5, 0.6) is 0 Å². The summed E-state index contributed by atoms with van der Waals surface area (Å²) in [6.07, 6.45) is 5.22. The van der Waals surface area contributed by atoms with Crippen molar-refractivity contribution in [2.75, 3.05) is 0 Å². The molecule has 0 aliphatic heterocycles. The quantitative estimate of drug-likeness (QED) is 0.387. The molecule has 0 amide bonds. The summed E-state index contributed by atoms with van der Waals surface area (Å²) in [5, 5.41) is 0. The summed E-state index contributed by atoms with van der Waals surface area (Å²) in [5.74, 6) is 7.74. The number of halogens is 2. The van der Waals surface area contributed by atoms with Crippen LogP contribution in [0.15, 0.2) is 35.4 Å². The van der Waals surface area contributed by atoms with Gasteiger partial charge in [-0.3, -0.25) is 0 Å². The average molecular weight is 691 g/mol. The number of fused-ring (bicyclic) bond motifs is 2. The SMILES string of the molecule is CC1=Cc2c(C(C)C)cc(C(C)C)cc2[CH]1[Zr+2]([CH]1C(C)=Cc2c(C(C)C)cc(C(C)C)cc21)=[Ge]([CH3])[CH3].[Cl-].[Cl-]. The normalized spacial score (nSPS) is 17.6. The second-order valence-corrected chi connectivity index (χ2v) is 42.2. The summed E-state index contributed by atoms with van der Waals surface area (Å²) in [7, 11) is -1.15. The zero-order valence-electron chi connectivity index (χ0n) is 25.7. The molecule has 2 aromatic carbocycles. The Morgan fingerprint density at radius 3 is 1.18 bits per heavy atom. The molecule has 0 spiro atoms. The number of rotatable bonds is 6. The van der Waals surface area contributed by atoms with Crippen LogP contribution in [-0.4, -0.2) is 9.98 Å². The molecule has 2 aromatic rings. The minimum Gasteiger partial charge on any atom is -1.00 e. The van der Waals surface area contributed by atoms with E-state index in [1.807, 2.05) is 0 Å². The molecule has 0 heterocycles. The van der Waals surface area contributed by atoms with Gasteiger partial charge in [0.2, 0.25) is 0 Å². The maximum absolute atomic E-state index is 2.72. The molecule has 0 fully saturated rings. The Kier molecular flexibility index (Phi) is 11.9. The number of hydrogen-bond donors (Lipinski definition) is 0. The van der Waals surface area contributed by atoms with Gasteiger partial charge >= 0.3 is 232 Å². The fourth-order valence-electron chi connectivity index (χ4n) is 6.56. The zero-order valence-corrected chi connectivity index (χ0v) is 31.8. The largest absolute Gasteiger partial charge is 1.00 e. The topological polar surface area (TPSA) is 0 Å². The smallest absolute Gasteiger partial charge is 1.00 e. The van der Waals surface area contributed by atoms with Crippen LogP contribution < -0.4 is 24.8 Å². The molecule has 2 unspecified atom stereocenters. The van der Waals surface area contributed by atoms with E-state index in [0.29, 0.717) is 23.7 Å². The Morgan fingerprint density at radius 2 is 0.921 bits per heavy atom. The van der Waals surface area contributed by atoms with Gasteiger partial charge in [-0.1, -0.05) is 0 Å². The van der Waals surface area contributed by atoms with E-state index in [1.54, 1.807) is 55.7 Å². The van der Waals surface area contributed by atoms with Crippen LogP contribution in [0.1, 0.15) is 145 Å². The number of hydrogen-bond acceptors (Lipinski definition) is 0. The molecule has 0 radical (unpaired) electrons. The van der Waals surface area contributed by atoms with Gasteiger partial charge < -0.3 is 24.8 Å². The Morgan fingerprint density at radius 1 is 0.579 bits per heavy atom. The third-order valence-electron chi connectivity index (χ3n) is 8.59. The van der Waals surface area contributed by atoms with Crippen molar-refractivity contribution in [2.24, 2.45) is 0 Å². The summed E-state index contributed by atoms with van der Waals surface area (Å²) in [4.78, 5) is 0. The van der Waals surface area contributed by atoms with Crippen molar-refractivity contribution in [3.63, 3.8) is 0 Å². The predicted octanol–water partition coefficient (Wildman–Crippen LogP) is 4.67. The van der Waals surface area contributed by atoms with Crippen LogP contribution in [0, 0.1) is 0 Å². The Balaban J connectivity index is 0.00000253. The molecule has 0 bridgehead atoms. The van der Waals surface area contributed by atoms with Crippen molar-refractivity contribution >= 4 is 22.1 Å². The molecule has 0 aromatic heterocycles. The van der Waals surface area contributed by atoms with E-state index in [-0.39, 0.29) is 24.8 Å². The van der Waals surface area contributed by atoms with Crippen LogP contribution >= 0.6 is 0 Å². The maximum atomic E-state index is 2.72. The fourth-order valence-corrected chi connectivity index (χ4v) is 39.7. The monoisotopic (exact) mass is 690 g/mol. The molecule has 2 aliphatic carbocycles. The molecule has 4 rings (SSSR count). The average Bonchev–Trinajstić information content (AvgIpc) is 3.28.